The number of halogens is 3. The smallest absolute Gasteiger partial charge is 0.383 e. The van der Waals surface area contributed by atoms with Gasteiger partial charge in [0.15, 0.2) is 5.72 Å². The van der Waals surface area contributed by atoms with Gasteiger partial charge >= 0.3 is 6.18 Å². The van der Waals surface area contributed by atoms with E-state index in [9.17, 15) is 13.2 Å². The minimum absolute atomic E-state index is 0.120. The number of methoxy groups -OCH3 is 1. The molecule has 10 heteroatoms. The molecule has 0 spiro atoms. The molecule has 2 aromatic carbocycles. The molecular formula is C30H35F3N4OS2. The van der Waals surface area contributed by atoms with Crippen molar-refractivity contribution in [3.8, 4) is 11.1 Å². The third kappa shape index (κ3) is 6.62. The molecule has 1 aliphatic heterocycles. The van der Waals surface area contributed by atoms with Crippen LogP contribution in [0.25, 0.3) is 27.6 Å². The number of ether oxygens (including phenoxy) is 1. The van der Waals surface area contributed by atoms with Gasteiger partial charge in [-0.3, -0.25) is 0 Å². The molecule has 0 amide bonds. The normalized spacial score (nSPS) is 19.2. The molecule has 4 N–H and O–H groups in total. The van der Waals surface area contributed by atoms with Crippen molar-refractivity contribution in [2.45, 2.75) is 44.5 Å². The highest BCUT2D eigenvalue weighted by atomic mass is 32.2. The average Bonchev–Trinajstić information content (AvgIpc) is 2.93. The van der Waals surface area contributed by atoms with E-state index in [0.717, 1.165) is 38.9 Å². The second kappa shape index (κ2) is 12.2. The topological polar surface area (TPSA) is 72.2 Å². The van der Waals surface area contributed by atoms with Gasteiger partial charge in [-0.05, 0) is 85.0 Å². The Hall–Kier alpha value is -3.08. The van der Waals surface area contributed by atoms with Gasteiger partial charge in [-0.25, -0.2) is 4.98 Å². The highest BCUT2D eigenvalue weighted by Crippen LogP contribution is 2.35. The van der Waals surface area contributed by atoms with E-state index in [0.29, 0.717) is 11.5 Å². The molecule has 0 bridgehead atoms. The molecule has 0 aliphatic carbocycles. The molecule has 3 atom stereocenters. The maximum absolute atomic E-state index is 13.1. The van der Waals surface area contributed by atoms with E-state index in [1.807, 2.05) is 36.5 Å². The summed E-state index contributed by atoms with van der Waals surface area (Å²) < 4.78 is 48.1. The molecule has 1 aliphatic rings. The van der Waals surface area contributed by atoms with Gasteiger partial charge in [-0.15, -0.1) is 0 Å². The van der Waals surface area contributed by atoms with Crippen LogP contribution in [0.1, 0.15) is 33.3 Å². The lowest BCUT2D eigenvalue weighted by molar-refractivity contribution is -0.105. The third-order valence-corrected chi connectivity index (χ3v) is 10.6. The number of fused-ring (bicyclic) bond motifs is 1. The van der Waals surface area contributed by atoms with E-state index in [1.165, 1.54) is 17.4 Å². The van der Waals surface area contributed by atoms with Gasteiger partial charge in [0.25, 0.3) is 0 Å². The van der Waals surface area contributed by atoms with Crippen molar-refractivity contribution in [1.82, 2.24) is 15.0 Å². The van der Waals surface area contributed by atoms with Crippen LogP contribution in [0.4, 0.5) is 19.0 Å². The van der Waals surface area contributed by atoms with Crippen LogP contribution in [-0.2, 0) is 4.74 Å². The standard InChI is InChI=1S/C30H35F3N4OS2/c1-6-39(7-2)24-12-9-20(10-13-24)25-16-22-15-21(11-14-26(22)36-28(25)34)23-17-27(29(4,38-5)35-18-23)37-40(8-3)19-30(31,32)33/h6,8-18,35,37H,7,19H2,1-5H3,(H2,34,36). The number of hydrogen-bond acceptors (Lipinski definition) is 5. The van der Waals surface area contributed by atoms with Gasteiger partial charge in [0.2, 0.25) is 0 Å². The molecule has 0 fully saturated rings. The third-order valence-electron chi connectivity index (χ3n) is 6.81. The molecule has 4 rings (SSSR count). The largest absolute Gasteiger partial charge is 0.399 e. The molecule has 0 saturated carbocycles. The fraction of sp³-hybridized carbons (Fsp3) is 0.300. The van der Waals surface area contributed by atoms with E-state index in [2.05, 4.69) is 58.5 Å². The number of anilines is 1. The average molecular weight is 589 g/mol. The second-order valence-corrected chi connectivity index (χ2v) is 13.6. The summed E-state index contributed by atoms with van der Waals surface area (Å²) in [5.74, 6) is 0.569. The number of hydrogen-bond donors (Lipinski definition) is 3. The van der Waals surface area contributed by atoms with Gasteiger partial charge in [0.1, 0.15) is 11.6 Å². The van der Waals surface area contributed by atoms with Crippen LogP contribution in [0.15, 0.2) is 71.4 Å². The molecule has 0 radical (unpaired) electrons. The first-order valence-electron chi connectivity index (χ1n) is 12.9. The molecule has 2 heterocycles. The predicted molar refractivity (Wildman–Crippen MR) is 168 cm³/mol. The summed E-state index contributed by atoms with van der Waals surface area (Å²) >= 11 is 0. The first kappa shape index (κ1) is 29.9. The number of nitrogen functional groups attached to an aromatic ring is 1. The Kier molecular flexibility index (Phi) is 9.12. The predicted octanol–water partition coefficient (Wildman–Crippen LogP) is 7.30. The number of dihydropyridines is 1. The van der Waals surface area contributed by atoms with E-state index < -0.39 is 28.3 Å². The summed E-state index contributed by atoms with van der Waals surface area (Å²) in [5.41, 5.74) is 10.2. The van der Waals surface area contributed by atoms with Crippen molar-refractivity contribution in [2.24, 2.45) is 0 Å². The van der Waals surface area contributed by atoms with Crippen molar-refractivity contribution < 1.29 is 17.9 Å². The molecule has 3 unspecified atom stereocenters. The Bertz CT molecular complexity index is 1530. The van der Waals surface area contributed by atoms with Gasteiger partial charge in [0.05, 0.1) is 11.2 Å². The highest BCUT2D eigenvalue weighted by Gasteiger charge is 2.34. The summed E-state index contributed by atoms with van der Waals surface area (Å²) in [5, 5.41) is 7.89. The summed E-state index contributed by atoms with van der Waals surface area (Å²) in [4.78, 5) is 5.93. The second-order valence-electron chi connectivity index (χ2n) is 9.37. The number of benzene rings is 2. The van der Waals surface area contributed by atoms with Crippen LogP contribution >= 0.6 is 21.2 Å². The summed E-state index contributed by atoms with van der Waals surface area (Å²) in [6.07, 6.45) is -0.639. The van der Waals surface area contributed by atoms with Crippen molar-refractivity contribution >= 4 is 54.2 Å². The molecule has 1 aromatic heterocycles. The van der Waals surface area contributed by atoms with E-state index in [4.69, 9.17) is 10.5 Å². The number of alkyl halides is 3. The number of nitrogens with two attached hydrogens (primary N) is 1. The Labute approximate surface area is 238 Å². The Morgan fingerprint density at radius 1 is 1.07 bits per heavy atom. The number of pyridine rings is 1. The molecular weight excluding hydrogens is 553 g/mol. The van der Waals surface area contributed by atoms with Crippen molar-refractivity contribution in [1.29, 1.82) is 0 Å². The number of rotatable bonds is 8. The molecule has 0 saturated heterocycles. The lowest BCUT2D eigenvalue weighted by Crippen LogP contribution is -2.48. The first-order chi connectivity index (χ1) is 19.0. The fourth-order valence-corrected chi connectivity index (χ4v) is 7.14. The van der Waals surface area contributed by atoms with Crippen molar-refractivity contribution in [3.05, 3.63) is 72.1 Å². The number of allylic oxidation sites excluding steroid dienone is 2. The zero-order valence-electron chi connectivity index (χ0n) is 23.2. The highest BCUT2D eigenvalue weighted by molar-refractivity contribution is 8.15. The van der Waals surface area contributed by atoms with Gasteiger partial charge in [0, 0.05) is 29.2 Å². The quantitative estimate of drug-likeness (QED) is 0.241. The number of nitrogens with zero attached hydrogens (tertiary/aromatic N) is 1. The SMILES string of the molecule is C/C=S(/CC(F)(F)F)NC1=CC(c2ccc3nc(N)c(-c4ccc(/S(=C/C)CC)cc4)cc3c2)=CNC1(C)OC. The number of aromatic nitrogens is 1. The lowest BCUT2D eigenvalue weighted by atomic mass is 9.97. The zero-order valence-corrected chi connectivity index (χ0v) is 24.9. The fourth-order valence-electron chi connectivity index (χ4n) is 4.47. The Morgan fingerprint density at radius 3 is 2.38 bits per heavy atom. The van der Waals surface area contributed by atoms with E-state index in [1.54, 1.807) is 13.8 Å². The molecule has 214 valence electrons. The van der Waals surface area contributed by atoms with Crippen LogP contribution in [0.3, 0.4) is 0 Å². The summed E-state index contributed by atoms with van der Waals surface area (Å²) in [6, 6.07) is 16.3. The van der Waals surface area contributed by atoms with Crippen molar-refractivity contribution in [2.75, 3.05) is 24.3 Å². The van der Waals surface area contributed by atoms with Crippen LogP contribution in [0.5, 0.6) is 0 Å². The maximum atomic E-state index is 13.1. The molecule has 3 aromatic rings. The van der Waals surface area contributed by atoms with Crippen LogP contribution in [-0.4, -0.2) is 46.2 Å². The maximum Gasteiger partial charge on any atom is 0.399 e. The van der Waals surface area contributed by atoms with Gasteiger partial charge in [-0.2, -0.15) is 23.7 Å². The molecule has 5 nitrogen and oxygen atoms in total. The van der Waals surface area contributed by atoms with Gasteiger partial charge in [-0.1, -0.05) is 41.2 Å². The Balaban J connectivity index is 1.70. The monoisotopic (exact) mass is 588 g/mol. The minimum atomic E-state index is -4.29. The van der Waals surface area contributed by atoms with Crippen molar-refractivity contribution in [3.63, 3.8) is 0 Å². The molecule has 40 heavy (non-hydrogen) atoms. The lowest BCUT2D eigenvalue weighted by Gasteiger charge is -2.36. The van der Waals surface area contributed by atoms with Crippen LogP contribution in [0.2, 0.25) is 0 Å². The van der Waals surface area contributed by atoms with E-state index in [-0.39, 0.29) is 10.5 Å². The Morgan fingerprint density at radius 2 is 1.77 bits per heavy atom. The summed E-state index contributed by atoms with van der Waals surface area (Å²) in [6.45, 7) is 7.67. The number of nitrogens with one attached hydrogen (secondary N) is 2. The van der Waals surface area contributed by atoms with E-state index >= 15 is 0 Å². The van der Waals surface area contributed by atoms with Gasteiger partial charge < -0.3 is 20.5 Å². The van der Waals surface area contributed by atoms with Crippen LogP contribution < -0.4 is 15.8 Å². The minimum Gasteiger partial charge on any atom is -0.383 e. The van der Waals surface area contributed by atoms with Crippen LogP contribution in [0, 0.1) is 0 Å². The zero-order chi connectivity index (χ0) is 29.1. The summed E-state index contributed by atoms with van der Waals surface area (Å²) in [7, 11) is 0.422. The first-order valence-corrected chi connectivity index (χ1v) is 15.8.